The molecule has 46 heavy (non-hydrogen) atoms. The molecule has 7 nitrogen and oxygen atoms in total. The van der Waals surface area contributed by atoms with Crippen molar-refractivity contribution >= 4 is 17.6 Å². The minimum absolute atomic E-state index is 0.296. The molecular formula is C36H31F3N4O3. The number of nitrogens with one attached hydrogen (secondary N) is 2. The Morgan fingerprint density at radius 3 is 2.43 bits per heavy atom. The second kappa shape index (κ2) is 12.9. The molecule has 10 heteroatoms. The number of ether oxygens (including phenoxy) is 1. The van der Waals surface area contributed by atoms with E-state index >= 15 is 0 Å². The summed E-state index contributed by atoms with van der Waals surface area (Å²) in [5.41, 5.74) is 4.91. The van der Waals surface area contributed by atoms with Crippen molar-refractivity contribution in [1.29, 1.82) is 0 Å². The molecule has 1 heterocycles. The Balaban J connectivity index is 1.33. The summed E-state index contributed by atoms with van der Waals surface area (Å²) in [5.74, 6) is -0.730. The lowest BCUT2D eigenvalue weighted by molar-refractivity contribution is -0.138. The maximum atomic E-state index is 13.4. The van der Waals surface area contributed by atoms with Crippen LogP contribution in [0.5, 0.6) is 11.5 Å². The van der Waals surface area contributed by atoms with E-state index in [9.17, 15) is 22.8 Å². The van der Waals surface area contributed by atoms with Crippen LogP contribution in [0.15, 0.2) is 104 Å². The van der Waals surface area contributed by atoms with Gasteiger partial charge in [0.15, 0.2) is 5.82 Å². The molecule has 6 rings (SSSR count). The van der Waals surface area contributed by atoms with Crippen LogP contribution < -0.4 is 15.4 Å². The maximum absolute atomic E-state index is 13.4. The lowest BCUT2D eigenvalue weighted by atomic mass is 9.88. The lowest BCUT2D eigenvalue weighted by Gasteiger charge is -2.20. The SMILES string of the molecule is CCCCc1c(-n2cnc(NC(=O)c3ccccc3Oc3ccccc3)c2)ccc2c1C(C(=O)NCC(F)(F)F)c1ccccc1-2. The van der Waals surface area contributed by atoms with Gasteiger partial charge in [-0.25, -0.2) is 4.98 Å². The number of carbonyl (C=O) groups is 2. The van der Waals surface area contributed by atoms with Gasteiger partial charge < -0.3 is 19.9 Å². The number of para-hydroxylation sites is 2. The molecule has 0 fully saturated rings. The van der Waals surface area contributed by atoms with E-state index in [-0.39, 0.29) is 0 Å². The number of rotatable bonds is 10. The van der Waals surface area contributed by atoms with Gasteiger partial charge in [-0.15, -0.1) is 0 Å². The normalized spacial score (nSPS) is 13.5. The number of carbonyl (C=O) groups excluding carboxylic acids is 2. The number of hydrogen-bond donors (Lipinski definition) is 2. The van der Waals surface area contributed by atoms with Gasteiger partial charge in [-0.3, -0.25) is 9.59 Å². The largest absolute Gasteiger partial charge is 0.457 e. The van der Waals surface area contributed by atoms with Crippen molar-refractivity contribution in [1.82, 2.24) is 14.9 Å². The Morgan fingerprint density at radius 1 is 0.913 bits per heavy atom. The first kappa shape index (κ1) is 30.6. The Kier molecular flexibility index (Phi) is 8.61. The highest BCUT2D eigenvalue weighted by Gasteiger charge is 2.38. The van der Waals surface area contributed by atoms with Gasteiger partial charge in [0, 0.05) is 0 Å². The molecule has 0 saturated heterocycles. The number of unbranched alkanes of at least 4 members (excludes halogenated alkanes) is 1. The summed E-state index contributed by atoms with van der Waals surface area (Å²) in [5, 5.41) is 4.95. The summed E-state index contributed by atoms with van der Waals surface area (Å²) in [6, 6.07) is 27.2. The predicted octanol–water partition coefficient (Wildman–Crippen LogP) is 8.05. The van der Waals surface area contributed by atoms with Crippen molar-refractivity contribution in [3.63, 3.8) is 0 Å². The van der Waals surface area contributed by atoms with Gasteiger partial charge in [0.25, 0.3) is 5.91 Å². The maximum Gasteiger partial charge on any atom is 0.405 e. The highest BCUT2D eigenvalue weighted by atomic mass is 19.4. The number of anilines is 1. The lowest BCUT2D eigenvalue weighted by Crippen LogP contribution is -2.37. The van der Waals surface area contributed by atoms with E-state index < -0.39 is 30.5 Å². The standard InChI is InChI=1S/C36H31F3N4O3/c1-2-3-13-27-29(19-18-26-24-14-7-8-15-25(24)33(32(26)27)35(45)40-21-36(37,38)39)43-20-31(41-22-43)42-34(44)28-16-9-10-17-30(28)46-23-11-5-4-6-12-23/h4-12,14-20,22,33H,2-3,13,21H2,1H3,(H,40,45)(H,42,44). The van der Waals surface area contributed by atoms with Crippen molar-refractivity contribution < 1.29 is 27.5 Å². The Bertz CT molecular complexity index is 1890. The van der Waals surface area contributed by atoms with Crippen LogP contribution in [0.4, 0.5) is 19.0 Å². The molecule has 234 valence electrons. The summed E-state index contributed by atoms with van der Waals surface area (Å²) >= 11 is 0. The van der Waals surface area contributed by atoms with Crippen molar-refractivity contribution in [3.8, 4) is 28.3 Å². The van der Waals surface area contributed by atoms with Crippen molar-refractivity contribution in [3.05, 3.63) is 126 Å². The molecule has 1 unspecified atom stereocenters. The zero-order valence-corrected chi connectivity index (χ0v) is 25.0. The van der Waals surface area contributed by atoms with Crippen LogP contribution in [0.1, 0.15) is 52.7 Å². The van der Waals surface area contributed by atoms with Gasteiger partial charge in [-0.1, -0.05) is 74.0 Å². The second-order valence-corrected chi connectivity index (χ2v) is 11.0. The number of imidazole rings is 1. The molecule has 5 aromatic rings. The molecule has 0 radical (unpaired) electrons. The van der Waals surface area contributed by atoms with Gasteiger partial charge in [-0.05, 0) is 71.0 Å². The summed E-state index contributed by atoms with van der Waals surface area (Å²) < 4.78 is 47.0. The average molecular weight is 625 g/mol. The van der Waals surface area contributed by atoms with E-state index in [1.54, 1.807) is 65.6 Å². The van der Waals surface area contributed by atoms with E-state index in [0.29, 0.717) is 40.4 Å². The zero-order valence-electron chi connectivity index (χ0n) is 25.0. The summed E-state index contributed by atoms with van der Waals surface area (Å²) in [6.45, 7) is 0.642. The smallest absolute Gasteiger partial charge is 0.405 e. The average Bonchev–Trinajstić information content (AvgIpc) is 3.65. The van der Waals surface area contributed by atoms with Crippen LogP contribution in [-0.4, -0.2) is 34.1 Å². The number of alkyl halides is 3. The van der Waals surface area contributed by atoms with Gasteiger partial charge in [0.1, 0.15) is 24.4 Å². The van der Waals surface area contributed by atoms with E-state index in [1.807, 2.05) is 42.5 Å². The van der Waals surface area contributed by atoms with Gasteiger partial charge in [-0.2, -0.15) is 13.2 Å². The van der Waals surface area contributed by atoms with Crippen LogP contribution in [0, 0.1) is 0 Å². The zero-order chi connectivity index (χ0) is 32.3. The number of fused-ring (bicyclic) bond motifs is 3. The fraction of sp³-hybridized carbons (Fsp3) is 0.194. The quantitative estimate of drug-likeness (QED) is 0.165. The molecule has 2 N–H and O–H groups in total. The van der Waals surface area contributed by atoms with Crippen LogP contribution in [0.3, 0.4) is 0 Å². The molecule has 0 aliphatic heterocycles. The molecular weight excluding hydrogens is 593 g/mol. The second-order valence-electron chi connectivity index (χ2n) is 11.0. The number of amides is 2. The number of hydrogen-bond acceptors (Lipinski definition) is 4. The van der Waals surface area contributed by atoms with Gasteiger partial charge in [0.05, 0.1) is 23.4 Å². The molecule has 1 aliphatic rings. The third-order valence-electron chi connectivity index (χ3n) is 7.89. The number of halogens is 3. The van der Waals surface area contributed by atoms with E-state index in [4.69, 9.17) is 4.74 Å². The van der Waals surface area contributed by atoms with Crippen LogP contribution >= 0.6 is 0 Å². The minimum atomic E-state index is -4.53. The van der Waals surface area contributed by atoms with Crippen molar-refractivity contribution in [2.75, 3.05) is 11.9 Å². The Labute approximate surface area is 264 Å². The molecule has 0 saturated carbocycles. The van der Waals surface area contributed by atoms with E-state index in [0.717, 1.165) is 35.2 Å². The molecule has 4 aromatic carbocycles. The summed E-state index contributed by atoms with van der Waals surface area (Å²) in [4.78, 5) is 31.2. The monoisotopic (exact) mass is 624 g/mol. The fourth-order valence-corrected chi connectivity index (χ4v) is 5.85. The Hall–Kier alpha value is -5.38. The molecule has 1 atom stereocenters. The highest BCUT2D eigenvalue weighted by molar-refractivity contribution is 6.05. The minimum Gasteiger partial charge on any atom is -0.457 e. The van der Waals surface area contributed by atoms with Crippen LogP contribution in [0.2, 0.25) is 0 Å². The van der Waals surface area contributed by atoms with Crippen molar-refractivity contribution in [2.45, 2.75) is 38.3 Å². The fourth-order valence-electron chi connectivity index (χ4n) is 5.85. The van der Waals surface area contributed by atoms with Crippen LogP contribution in [0.25, 0.3) is 16.8 Å². The number of nitrogens with zero attached hydrogens (tertiary/aromatic N) is 2. The summed E-state index contributed by atoms with van der Waals surface area (Å²) in [7, 11) is 0. The summed E-state index contributed by atoms with van der Waals surface area (Å²) in [6.07, 6.45) is 0.978. The molecule has 2 amide bonds. The highest BCUT2D eigenvalue weighted by Crippen LogP contribution is 2.48. The first-order valence-corrected chi connectivity index (χ1v) is 15.0. The third-order valence-corrected chi connectivity index (χ3v) is 7.89. The molecule has 0 spiro atoms. The number of benzene rings is 4. The van der Waals surface area contributed by atoms with E-state index in [2.05, 4.69) is 22.5 Å². The van der Waals surface area contributed by atoms with Gasteiger partial charge in [0.2, 0.25) is 5.91 Å². The number of aromatic nitrogens is 2. The predicted molar refractivity (Wildman–Crippen MR) is 169 cm³/mol. The van der Waals surface area contributed by atoms with Crippen LogP contribution in [-0.2, 0) is 11.2 Å². The third kappa shape index (κ3) is 6.37. The Morgan fingerprint density at radius 2 is 1.65 bits per heavy atom. The molecule has 0 bridgehead atoms. The first-order chi connectivity index (χ1) is 22.2. The molecule has 1 aliphatic carbocycles. The van der Waals surface area contributed by atoms with Gasteiger partial charge >= 0.3 is 6.18 Å². The van der Waals surface area contributed by atoms with Crippen molar-refractivity contribution in [2.24, 2.45) is 0 Å². The first-order valence-electron chi connectivity index (χ1n) is 15.0. The van der Waals surface area contributed by atoms with E-state index in [1.165, 1.54) is 0 Å². The molecule has 1 aromatic heterocycles. The topological polar surface area (TPSA) is 85.2 Å².